The first kappa shape index (κ1) is 12.5. The van der Waals surface area contributed by atoms with E-state index in [1.54, 1.807) is 6.92 Å². The monoisotopic (exact) mass is 224 g/mol. The van der Waals surface area contributed by atoms with Crippen molar-refractivity contribution < 1.29 is 19.7 Å². The van der Waals surface area contributed by atoms with Crippen LogP contribution < -0.4 is 4.74 Å². The van der Waals surface area contributed by atoms with Crippen molar-refractivity contribution in [3.63, 3.8) is 0 Å². The van der Waals surface area contributed by atoms with Crippen molar-refractivity contribution in [2.75, 3.05) is 7.11 Å². The Hall–Kier alpha value is -1.55. The standard InChI is InChI=1S/C12H16O4/c1-6-5-7(2)9(10(13)12(14)15)11(16-4)8(6)3/h5,10,13H,1-4H3,(H,14,15). The fourth-order valence-electron chi connectivity index (χ4n) is 1.80. The number of aliphatic hydroxyl groups excluding tert-OH is 1. The molecule has 0 spiro atoms. The van der Waals surface area contributed by atoms with E-state index < -0.39 is 12.1 Å². The minimum atomic E-state index is -1.55. The van der Waals surface area contributed by atoms with Crippen LogP contribution in [-0.4, -0.2) is 23.3 Å². The fourth-order valence-corrected chi connectivity index (χ4v) is 1.80. The molecule has 0 heterocycles. The molecule has 1 rings (SSSR count). The average molecular weight is 224 g/mol. The topological polar surface area (TPSA) is 66.8 Å². The number of benzene rings is 1. The summed E-state index contributed by atoms with van der Waals surface area (Å²) in [5.74, 6) is -0.822. The van der Waals surface area contributed by atoms with Crippen LogP contribution >= 0.6 is 0 Å². The molecule has 0 aliphatic carbocycles. The molecule has 2 N–H and O–H groups in total. The van der Waals surface area contributed by atoms with E-state index in [0.29, 0.717) is 11.3 Å². The maximum atomic E-state index is 10.8. The number of aliphatic hydroxyl groups is 1. The van der Waals surface area contributed by atoms with E-state index in [2.05, 4.69) is 0 Å². The molecule has 16 heavy (non-hydrogen) atoms. The van der Waals surface area contributed by atoms with Gasteiger partial charge in [-0.05, 0) is 37.5 Å². The smallest absolute Gasteiger partial charge is 0.337 e. The van der Waals surface area contributed by atoms with E-state index in [9.17, 15) is 9.90 Å². The van der Waals surface area contributed by atoms with Gasteiger partial charge in [0.05, 0.1) is 7.11 Å². The highest BCUT2D eigenvalue weighted by molar-refractivity contribution is 5.76. The SMILES string of the molecule is COc1c(C)c(C)cc(C)c1C(O)C(=O)O. The predicted octanol–water partition coefficient (Wildman–Crippen LogP) is 1.74. The Morgan fingerprint density at radius 1 is 1.31 bits per heavy atom. The van der Waals surface area contributed by atoms with Crippen molar-refractivity contribution >= 4 is 5.97 Å². The van der Waals surface area contributed by atoms with E-state index in [1.807, 2.05) is 19.9 Å². The zero-order valence-electron chi connectivity index (χ0n) is 9.87. The molecule has 0 bridgehead atoms. The molecule has 88 valence electrons. The Morgan fingerprint density at radius 2 is 1.88 bits per heavy atom. The zero-order chi connectivity index (χ0) is 12.5. The van der Waals surface area contributed by atoms with Crippen molar-refractivity contribution in [3.8, 4) is 5.75 Å². The lowest BCUT2D eigenvalue weighted by molar-refractivity contribution is -0.147. The fraction of sp³-hybridized carbons (Fsp3) is 0.417. The van der Waals surface area contributed by atoms with Crippen molar-refractivity contribution in [2.45, 2.75) is 26.9 Å². The number of carbonyl (C=O) groups is 1. The summed E-state index contributed by atoms with van der Waals surface area (Å²) in [4.78, 5) is 10.8. The van der Waals surface area contributed by atoms with Gasteiger partial charge >= 0.3 is 5.97 Å². The van der Waals surface area contributed by atoms with Crippen molar-refractivity contribution in [1.82, 2.24) is 0 Å². The number of hydrogen-bond acceptors (Lipinski definition) is 3. The number of carboxylic acids is 1. The summed E-state index contributed by atoms with van der Waals surface area (Å²) in [7, 11) is 1.47. The highest BCUT2D eigenvalue weighted by Gasteiger charge is 2.24. The molecule has 0 saturated carbocycles. The van der Waals surface area contributed by atoms with Gasteiger partial charge < -0.3 is 14.9 Å². The third-order valence-corrected chi connectivity index (χ3v) is 2.75. The van der Waals surface area contributed by atoms with E-state index in [-0.39, 0.29) is 0 Å². The van der Waals surface area contributed by atoms with Gasteiger partial charge in [0.15, 0.2) is 6.10 Å². The van der Waals surface area contributed by atoms with Gasteiger partial charge in [0, 0.05) is 5.56 Å². The molecule has 0 aliphatic heterocycles. The van der Waals surface area contributed by atoms with Crippen LogP contribution in [0.3, 0.4) is 0 Å². The summed E-state index contributed by atoms with van der Waals surface area (Å²) in [6, 6.07) is 1.85. The number of hydrogen-bond donors (Lipinski definition) is 2. The van der Waals surface area contributed by atoms with Crippen LogP contribution in [0.4, 0.5) is 0 Å². The first-order chi connectivity index (χ1) is 7.40. The maximum Gasteiger partial charge on any atom is 0.337 e. The van der Waals surface area contributed by atoms with Gasteiger partial charge in [-0.25, -0.2) is 4.79 Å². The molecule has 0 saturated heterocycles. The van der Waals surface area contributed by atoms with Crippen molar-refractivity contribution in [1.29, 1.82) is 0 Å². The molecule has 0 aromatic heterocycles. The second-order valence-corrected chi connectivity index (χ2v) is 3.82. The zero-order valence-corrected chi connectivity index (χ0v) is 9.87. The van der Waals surface area contributed by atoms with Gasteiger partial charge in [-0.15, -0.1) is 0 Å². The summed E-state index contributed by atoms with van der Waals surface area (Å²) in [5.41, 5.74) is 2.91. The van der Waals surface area contributed by atoms with Gasteiger partial charge in [0.1, 0.15) is 5.75 Å². The second-order valence-electron chi connectivity index (χ2n) is 3.82. The van der Waals surface area contributed by atoms with Gasteiger partial charge in [0.25, 0.3) is 0 Å². The van der Waals surface area contributed by atoms with Crippen LogP contribution in [0.2, 0.25) is 0 Å². The molecule has 4 heteroatoms. The predicted molar refractivity (Wildman–Crippen MR) is 59.8 cm³/mol. The number of carboxylic acid groups (broad SMARTS) is 1. The van der Waals surface area contributed by atoms with E-state index in [0.717, 1.165) is 16.7 Å². The van der Waals surface area contributed by atoms with Crippen LogP contribution in [0.5, 0.6) is 5.75 Å². The maximum absolute atomic E-state index is 10.8. The minimum Gasteiger partial charge on any atom is -0.496 e. The molecule has 0 aliphatic rings. The van der Waals surface area contributed by atoms with Crippen molar-refractivity contribution in [2.24, 2.45) is 0 Å². The lowest BCUT2D eigenvalue weighted by Crippen LogP contribution is -2.14. The largest absolute Gasteiger partial charge is 0.496 e. The van der Waals surface area contributed by atoms with E-state index in [4.69, 9.17) is 9.84 Å². The van der Waals surface area contributed by atoms with Crippen LogP contribution in [0.1, 0.15) is 28.4 Å². The molecule has 1 aromatic carbocycles. The second kappa shape index (κ2) is 4.53. The first-order valence-corrected chi connectivity index (χ1v) is 4.95. The molecule has 1 aromatic rings. The highest BCUT2D eigenvalue weighted by Crippen LogP contribution is 2.34. The summed E-state index contributed by atoms with van der Waals surface area (Å²) >= 11 is 0. The first-order valence-electron chi connectivity index (χ1n) is 4.95. The van der Waals surface area contributed by atoms with E-state index >= 15 is 0 Å². The lowest BCUT2D eigenvalue weighted by atomic mass is 9.95. The van der Waals surface area contributed by atoms with Crippen molar-refractivity contribution in [3.05, 3.63) is 28.3 Å². The van der Waals surface area contributed by atoms with Gasteiger partial charge in [-0.1, -0.05) is 6.07 Å². The summed E-state index contributed by atoms with van der Waals surface area (Å²) < 4.78 is 5.19. The average Bonchev–Trinajstić information content (AvgIpc) is 2.21. The van der Waals surface area contributed by atoms with Gasteiger partial charge in [0.2, 0.25) is 0 Å². The Balaban J connectivity index is 3.48. The van der Waals surface area contributed by atoms with Crippen LogP contribution in [0.15, 0.2) is 6.07 Å². The molecule has 0 fully saturated rings. The molecular weight excluding hydrogens is 208 g/mol. The molecule has 0 radical (unpaired) electrons. The third kappa shape index (κ3) is 2.02. The number of methoxy groups -OCH3 is 1. The van der Waals surface area contributed by atoms with Crippen LogP contribution in [0, 0.1) is 20.8 Å². The molecule has 4 nitrogen and oxygen atoms in total. The Bertz CT molecular complexity index is 424. The normalized spacial score (nSPS) is 12.3. The number of rotatable bonds is 3. The number of aryl methyl sites for hydroxylation is 2. The Kier molecular flexibility index (Phi) is 3.55. The van der Waals surface area contributed by atoms with Crippen LogP contribution in [0.25, 0.3) is 0 Å². The highest BCUT2D eigenvalue weighted by atomic mass is 16.5. The minimum absolute atomic E-state index is 0.332. The van der Waals surface area contributed by atoms with Gasteiger partial charge in [-0.2, -0.15) is 0 Å². The quantitative estimate of drug-likeness (QED) is 0.820. The lowest BCUT2D eigenvalue weighted by Gasteiger charge is -2.18. The van der Waals surface area contributed by atoms with E-state index in [1.165, 1.54) is 7.11 Å². The summed E-state index contributed by atoms with van der Waals surface area (Å²) in [6.07, 6.45) is -1.55. The van der Waals surface area contributed by atoms with Gasteiger partial charge in [-0.3, -0.25) is 0 Å². The summed E-state index contributed by atoms with van der Waals surface area (Å²) in [5, 5.41) is 18.5. The Morgan fingerprint density at radius 3 is 2.31 bits per heavy atom. The number of ether oxygens (including phenoxy) is 1. The third-order valence-electron chi connectivity index (χ3n) is 2.75. The number of aliphatic carboxylic acids is 1. The molecule has 0 amide bonds. The summed E-state index contributed by atoms with van der Waals surface area (Å²) in [6.45, 7) is 5.52. The Labute approximate surface area is 94.5 Å². The molecule has 1 unspecified atom stereocenters. The van der Waals surface area contributed by atoms with Crippen LogP contribution in [-0.2, 0) is 4.79 Å². The molecule has 1 atom stereocenters. The molecular formula is C12H16O4.